The van der Waals surface area contributed by atoms with Gasteiger partial charge >= 0.3 is 0 Å². The molecule has 0 aliphatic heterocycles. The zero-order valence-electron chi connectivity index (χ0n) is 7.21. The summed E-state index contributed by atoms with van der Waals surface area (Å²) in [5.41, 5.74) is 0.0357. The summed E-state index contributed by atoms with van der Waals surface area (Å²) in [5.74, 6) is 0.823. The predicted octanol–water partition coefficient (Wildman–Crippen LogP) is 2.60. The van der Waals surface area contributed by atoms with Crippen LogP contribution < -0.4 is 0 Å². The smallest absolute Gasteiger partial charge is 0.280 e. The lowest BCUT2D eigenvalue weighted by Gasteiger charge is -1.82. The Labute approximate surface area is 96.2 Å². The molecule has 0 amide bonds. The number of alkyl halides is 1. The molecule has 0 radical (unpaired) electrons. The first-order valence-electron chi connectivity index (χ1n) is 3.82. The van der Waals surface area contributed by atoms with Crippen molar-refractivity contribution in [3.63, 3.8) is 0 Å². The van der Waals surface area contributed by atoms with Crippen LogP contribution in [0.4, 0.5) is 5.69 Å². The van der Waals surface area contributed by atoms with Crippen molar-refractivity contribution >= 4 is 33.0 Å². The quantitative estimate of drug-likeness (QED) is 0.493. The van der Waals surface area contributed by atoms with Gasteiger partial charge in [-0.05, 0) is 0 Å². The van der Waals surface area contributed by atoms with Gasteiger partial charge in [0.05, 0.1) is 20.5 Å². The van der Waals surface area contributed by atoms with E-state index < -0.39 is 4.92 Å². The molecule has 2 heterocycles. The average Bonchev–Trinajstić information content (AvgIpc) is 2.86. The number of rotatable bonds is 3. The summed E-state index contributed by atoms with van der Waals surface area (Å²) in [6.07, 6.45) is 0. The summed E-state index contributed by atoms with van der Waals surface area (Å²) in [5, 5.41) is 16.0. The first-order valence-corrected chi connectivity index (χ1v) is 5.82. The lowest BCUT2D eigenvalue weighted by atomic mass is 10.4. The molecule has 0 spiro atoms. The van der Waals surface area contributed by atoms with Crippen molar-refractivity contribution < 1.29 is 9.45 Å². The van der Waals surface area contributed by atoms with Crippen molar-refractivity contribution in [2.24, 2.45) is 0 Å². The largest absolute Gasteiger partial charge is 0.333 e. The average molecular weight is 290 g/mol. The minimum Gasteiger partial charge on any atom is -0.333 e. The second kappa shape index (κ2) is 4.07. The molecule has 2 aromatic rings. The minimum absolute atomic E-state index is 0.0357. The molecule has 0 fully saturated rings. The molecule has 8 heteroatoms. The zero-order valence-corrected chi connectivity index (χ0v) is 9.62. The van der Waals surface area contributed by atoms with Gasteiger partial charge in [0, 0.05) is 6.07 Å². The monoisotopic (exact) mass is 289 g/mol. The number of nitrogens with zero attached hydrogens (tertiary/aromatic N) is 3. The van der Waals surface area contributed by atoms with Gasteiger partial charge in [-0.25, -0.2) is 0 Å². The van der Waals surface area contributed by atoms with Crippen LogP contribution in [0.15, 0.2) is 16.0 Å². The van der Waals surface area contributed by atoms with E-state index >= 15 is 0 Å². The maximum absolute atomic E-state index is 10.4. The highest BCUT2D eigenvalue weighted by Gasteiger charge is 2.15. The van der Waals surface area contributed by atoms with E-state index in [0.717, 1.165) is 0 Å². The number of halogens is 1. The van der Waals surface area contributed by atoms with Crippen molar-refractivity contribution in [1.82, 2.24) is 10.1 Å². The summed E-state index contributed by atoms with van der Waals surface area (Å²) < 4.78 is 4.93. The fourth-order valence-corrected chi connectivity index (χ4v) is 1.94. The summed E-state index contributed by atoms with van der Waals surface area (Å²) in [6.45, 7) is 0. The van der Waals surface area contributed by atoms with E-state index in [-0.39, 0.29) is 5.69 Å². The molecule has 0 bridgehead atoms. The topological polar surface area (TPSA) is 82.1 Å². The van der Waals surface area contributed by atoms with Gasteiger partial charge in [-0.15, -0.1) is 11.3 Å². The van der Waals surface area contributed by atoms with E-state index in [9.17, 15) is 10.1 Å². The number of aromatic nitrogens is 2. The van der Waals surface area contributed by atoms with Gasteiger partial charge in [0.25, 0.3) is 11.6 Å². The van der Waals surface area contributed by atoms with Crippen molar-refractivity contribution in [1.29, 1.82) is 0 Å². The number of nitro groups is 1. The van der Waals surface area contributed by atoms with Gasteiger partial charge in [0.2, 0.25) is 0 Å². The Bertz CT molecular complexity index is 495. The molecule has 2 rings (SSSR count). The molecular weight excluding hydrogens is 286 g/mol. The molecule has 0 saturated carbocycles. The van der Waals surface area contributed by atoms with Gasteiger partial charge < -0.3 is 4.52 Å². The molecule has 78 valence electrons. The second-order valence-electron chi connectivity index (χ2n) is 2.58. The third-order valence-corrected chi connectivity index (χ3v) is 3.00. The number of thiophene rings is 1. The highest BCUT2D eigenvalue weighted by molar-refractivity contribution is 9.08. The molecule has 0 atom stereocenters. The van der Waals surface area contributed by atoms with Crippen LogP contribution in [0.1, 0.15) is 5.82 Å². The molecule has 0 aliphatic rings. The lowest BCUT2D eigenvalue weighted by molar-refractivity contribution is -0.384. The first-order chi connectivity index (χ1) is 7.20. The van der Waals surface area contributed by atoms with Crippen molar-refractivity contribution in [3.05, 3.63) is 27.4 Å². The van der Waals surface area contributed by atoms with Gasteiger partial charge in [0.15, 0.2) is 5.82 Å². The van der Waals surface area contributed by atoms with Gasteiger partial charge in [-0.1, -0.05) is 21.1 Å². The van der Waals surface area contributed by atoms with Gasteiger partial charge in [0.1, 0.15) is 0 Å². The molecule has 2 aromatic heterocycles. The standard InChI is InChI=1S/C7H4BrN3O3S/c8-2-6-9-7(14-10-6)5-1-4(3-15-5)11(12)13/h1,3H,2H2. The van der Waals surface area contributed by atoms with E-state index in [2.05, 4.69) is 26.1 Å². The van der Waals surface area contributed by atoms with Gasteiger partial charge in [-0.2, -0.15) is 4.98 Å². The Morgan fingerprint density at radius 2 is 2.47 bits per heavy atom. The van der Waals surface area contributed by atoms with E-state index in [1.54, 1.807) is 0 Å². The Morgan fingerprint density at radius 1 is 1.67 bits per heavy atom. The Kier molecular flexibility index (Phi) is 2.78. The molecule has 0 saturated heterocycles. The van der Waals surface area contributed by atoms with Crippen molar-refractivity contribution in [3.8, 4) is 10.8 Å². The second-order valence-corrected chi connectivity index (χ2v) is 4.05. The van der Waals surface area contributed by atoms with Crippen LogP contribution in [0.5, 0.6) is 0 Å². The minimum atomic E-state index is -0.457. The fraction of sp³-hybridized carbons (Fsp3) is 0.143. The van der Waals surface area contributed by atoms with Crippen LogP contribution in [0.25, 0.3) is 10.8 Å². The summed E-state index contributed by atoms with van der Waals surface area (Å²) in [7, 11) is 0. The maximum atomic E-state index is 10.4. The third-order valence-electron chi connectivity index (χ3n) is 1.59. The normalized spacial score (nSPS) is 10.5. The fourth-order valence-electron chi connectivity index (χ4n) is 0.942. The Balaban J connectivity index is 2.32. The summed E-state index contributed by atoms with van der Waals surface area (Å²) in [6, 6.07) is 1.41. The van der Waals surface area contributed by atoms with Crippen LogP contribution in [0.2, 0.25) is 0 Å². The van der Waals surface area contributed by atoms with E-state index in [1.165, 1.54) is 22.8 Å². The number of hydrogen-bond acceptors (Lipinski definition) is 6. The van der Waals surface area contributed by atoms with Crippen molar-refractivity contribution in [2.45, 2.75) is 5.33 Å². The molecule has 6 nitrogen and oxygen atoms in total. The van der Waals surface area contributed by atoms with Crippen LogP contribution in [0.3, 0.4) is 0 Å². The SMILES string of the molecule is O=[N+]([O-])c1csc(-c2nc(CBr)no2)c1. The zero-order chi connectivity index (χ0) is 10.8. The maximum Gasteiger partial charge on any atom is 0.280 e. The summed E-state index contributed by atoms with van der Waals surface area (Å²) >= 11 is 4.38. The van der Waals surface area contributed by atoms with Crippen LogP contribution in [-0.2, 0) is 5.33 Å². The van der Waals surface area contributed by atoms with Crippen LogP contribution in [-0.4, -0.2) is 15.1 Å². The molecule has 0 N–H and O–H groups in total. The first kappa shape index (κ1) is 10.2. The van der Waals surface area contributed by atoms with Crippen molar-refractivity contribution in [2.75, 3.05) is 0 Å². The molecule has 0 unspecified atom stereocenters. The highest BCUT2D eigenvalue weighted by atomic mass is 79.9. The molecule has 15 heavy (non-hydrogen) atoms. The lowest BCUT2D eigenvalue weighted by Crippen LogP contribution is -1.82. The van der Waals surface area contributed by atoms with Crippen LogP contribution >= 0.6 is 27.3 Å². The highest BCUT2D eigenvalue weighted by Crippen LogP contribution is 2.29. The van der Waals surface area contributed by atoms with E-state index in [1.807, 2.05) is 0 Å². The molecular formula is C7H4BrN3O3S. The van der Waals surface area contributed by atoms with Crippen LogP contribution in [0, 0.1) is 10.1 Å². The Morgan fingerprint density at radius 3 is 3.00 bits per heavy atom. The third kappa shape index (κ3) is 2.05. The predicted molar refractivity (Wildman–Crippen MR) is 56.9 cm³/mol. The van der Waals surface area contributed by atoms with E-state index in [0.29, 0.717) is 21.9 Å². The summed E-state index contributed by atoms with van der Waals surface area (Å²) in [4.78, 5) is 14.6. The Hall–Kier alpha value is -1.28. The van der Waals surface area contributed by atoms with Gasteiger partial charge in [-0.3, -0.25) is 10.1 Å². The number of hydrogen-bond donors (Lipinski definition) is 0. The van der Waals surface area contributed by atoms with E-state index in [4.69, 9.17) is 4.52 Å². The molecule has 0 aliphatic carbocycles. The molecule has 0 aromatic carbocycles.